The zero-order valence-corrected chi connectivity index (χ0v) is 18.3. The highest BCUT2D eigenvalue weighted by Crippen LogP contribution is 2.21. The Morgan fingerprint density at radius 1 is 1.07 bits per heavy atom. The van der Waals surface area contributed by atoms with Crippen molar-refractivity contribution in [2.75, 3.05) is 0 Å². The summed E-state index contributed by atoms with van der Waals surface area (Å²) in [6, 6.07) is 16.8. The van der Waals surface area contributed by atoms with Crippen LogP contribution in [0.15, 0.2) is 64.8 Å². The van der Waals surface area contributed by atoms with E-state index in [4.69, 9.17) is 11.6 Å². The van der Waals surface area contributed by atoms with Crippen LogP contribution in [0.4, 0.5) is 0 Å². The van der Waals surface area contributed by atoms with Gasteiger partial charge in [0.15, 0.2) is 0 Å². The number of rotatable bonds is 5. The number of carbonyl (C=O) groups excluding carboxylic acids is 1. The van der Waals surface area contributed by atoms with Crippen LogP contribution in [0.2, 0.25) is 5.02 Å². The third-order valence-corrected chi connectivity index (χ3v) is 6.13. The Kier molecular flexibility index (Phi) is 5.75. The molecular formula is C24H21ClN2O2S. The number of aromatic amines is 1. The number of H-pyrrole nitrogens is 1. The van der Waals surface area contributed by atoms with Crippen LogP contribution >= 0.6 is 22.9 Å². The molecule has 0 aliphatic heterocycles. The zero-order chi connectivity index (χ0) is 21.3. The molecule has 6 heteroatoms. The molecule has 0 bridgehead atoms. The van der Waals surface area contributed by atoms with E-state index in [9.17, 15) is 9.59 Å². The van der Waals surface area contributed by atoms with Gasteiger partial charge in [0.05, 0.1) is 13.1 Å². The average molecular weight is 437 g/mol. The first-order valence-corrected chi connectivity index (χ1v) is 10.9. The number of fused-ring (bicyclic) bond motifs is 1. The van der Waals surface area contributed by atoms with Crippen molar-refractivity contribution in [1.29, 1.82) is 0 Å². The van der Waals surface area contributed by atoms with Crippen molar-refractivity contribution < 1.29 is 4.79 Å². The molecule has 0 spiro atoms. The second-order valence-electron chi connectivity index (χ2n) is 7.42. The summed E-state index contributed by atoms with van der Waals surface area (Å²) in [7, 11) is 0. The number of nitrogens with zero attached hydrogens (tertiary/aromatic N) is 1. The maximum Gasteiger partial charge on any atom is 0.254 e. The smallest absolute Gasteiger partial charge is 0.254 e. The highest BCUT2D eigenvalue weighted by atomic mass is 35.5. The Hall–Kier alpha value is -2.89. The molecule has 2 heterocycles. The van der Waals surface area contributed by atoms with Gasteiger partial charge >= 0.3 is 0 Å². The Labute approximate surface area is 183 Å². The second kappa shape index (κ2) is 8.46. The minimum Gasteiger partial charge on any atom is -0.329 e. The molecule has 30 heavy (non-hydrogen) atoms. The molecule has 1 N–H and O–H groups in total. The summed E-state index contributed by atoms with van der Waals surface area (Å²) in [5.41, 5.74) is 3.88. The van der Waals surface area contributed by atoms with E-state index in [0.29, 0.717) is 22.7 Å². The number of amides is 1. The van der Waals surface area contributed by atoms with E-state index in [2.05, 4.69) is 11.1 Å². The summed E-state index contributed by atoms with van der Waals surface area (Å²) < 4.78 is 0. The highest BCUT2D eigenvalue weighted by Gasteiger charge is 2.19. The molecule has 0 atom stereocenters. The number of carbonyl (C=O) groups is 1. The van der Waals surface area contributed by atoms with Crippen LogP contribution in [0.3, 0.4) is 0 Å². The van der Waals surface area contributed by atoms with Gasteiger partial charge in [-0.3, -0.25) is 9.59 Å². The van der Waals surface area contributed by atoms with E-state index in [0.717, 1.165) is 26.9 Å². The van der Waals surface area contributed by atoms with Crippen LogP contribution in [0.5, 0.6) is 0 Å². The number of aryl methyl sites for hydroxylation is 2. The maximum atomic E-state index is 13.3. The van der Waals surface area contributed by atoms with Crippen LogP contribution in [-0.4, -0.2) is 15.8 Å². The molecule has 0 radical (unpaired) electrons. The molecule has 0 unspecified atom stereocenters. The topological polar surface area (TPSA) is 53.2 Å². The van der Waals surface area contributed by atoms with Gasteiger partial charge in [0, 0.05) is 31.9 Å². The molecule has 2 aromatic heterocycles. The molecule has 4 rings (SSSR count). The standard InChI is InChI=1S/C24H21ClN2O2S/c1-15-9-16(2)21-12-18(23(28)26-22(21)10-15)13-27(14-20-7-4-8-30-20)24(29)17-5-3-6-19(25)11-17/h3-12H,13-14H2,1-2H3,(H,26,28). The quantitative estimate of drug-likeness (QED) is 0.436. The van der Waals surface area contributed by atoms with E-state index in [-0.39, 0.29) is 18.0 Å². The lowest BCUT2D eigenvalue weighted by Crippen LogP contribution is -2.32. The molecule has 0 fully saturated rings. The third kappa shape index (κ3) is 4.32. The van der Waals surface area contributed by atoms with Crippen molar-refractivity contribution in [3.8, 4) is 0 Å². The summed E-state index contributed by atoms with van der Waals surface area (Å²) in [4.78, 5) is 31.8. The number of benzene rings is 2. The second-order valence-corrected chi connectivity index (χ2v) is 8.89. The molecule has 0 aliphatic rings. The predicted molar refractivity (Wildman–Crippen MR) is 123 cm³/mol. The number of hydrogen-bond acceptors (Lipinski definition) is 3. The van der Waals surface area contributed by atoms with E-state index < -0.39 is 0 Å². The number of halogens is 1. The van der Waals surface area contributed by atoms with Gasteiger partial charge in [-0.05, 0) is 66.8 Å². The number of nitrogens with one attached hydrogen (secondary N) is 1. The summed E-state index contributed by atoms with van der Waals surface area (Å²) in [5, 5.41) is 3.47. The molecule has 0 aliphatic carbocycles. The molecule has 0 saturated heterocycles. The van der Waals surface area contributed by atoms with Crippen LogP contribution < -0.4 is 5.56 Å². The fourth-order valence-corrected chi connectivity index (χ4v) is 4.54. The van der Waals surface area contributed by atoms with Gasteiger partial charge < -0.3 is 9.88 Å². The highest BCUT2D eigenvalue weighted by molar-refractivity contribution is 7.09. The Balaban J connectivity index is 1.73. The lowest BCUT2D eigenvalue weighted by Gasteiger charge is -2.22. The molecule has 4 nitrogen and oxygen atoms in total. The Morgan fingerprint density at radius 3 is 2.63 bits per heavy atom. The van der Waals surface area contributed by atoms with Crippen molar-refractivity contribution >= 4 is 39.7 Å². The molecule has 152 valence electrons. The lowest BCUT2D eigenvalue weighted by atomic mass is 10.0. The van der Waals surface area contributed by atoms with Gasteiger partial charge in [-0.15, -0.1) is 11.3 Å². The fraction of sp³-hybridized carbons (Fsp3) is 0.167. The van der Waals surface area contributed by atoms with E-state index in [1.165, 1.54) is 0 Å². The SMILES string of the molecule is Cc1cc(C)c2cc(CN(Cc3cccs3)C(=O)c3cccc(Cl)c3)c(=O)[nH]c2c1. The van der Waals surface area contributed by atoms with Crippen molar-refractivity contribution in [2.24, 2.45) is 0 Å². The van der Waals surface area contributed by atoms with Gasteiger partial charge in [-0.25, -0.2) is 0 Å². The number of pyridine rings is 1. The normalized spacial score (nSPS) is 11.0. The number of thiophene rings is 1. The van der Waals surface area contributed by atoms with E-state index in [1.807, 2.05) is 43.5 Å². The molecule has 0 saturated carbocycles. The first-order valence-electron chi connectivity index (χ1n) is 9.61. The lowest BCUT2D eigenvalue weighted by molar-refractivity contribution is 0.0731. The fourth-order valence-electron chi connectivity index (χ4n) is 3.63. The Bertz CT molecular complexity index is 1280. The molecule has 4 aromatic rings. The summed E-state index contributed by atoms with van der Waals surface area (Å²) in [6.07, 6.45) is 0. The van der Waals surface area contributed by atoms with Crippen molar-refractivity contribution in [1.82, 2.24) is 9.88 Å². The molecule has 1 amide bonds. The average Bonchev–Trinajstić information content (AvgIpc) is 3.21. The summed E-state index contributed by atoms with van der Waals surface area (Å²) in [5.74, 6) is -0.161. The molecule has 2 aromatic carbocycles. The zero-order valence-electron chi connectivity index (χ0n) is 16.7. The van der Waals surface area contributed by atoms with Gasteiger partial charge in [0.25, 0.3) is 11.5 Å². The minimum absolute atomic E-state index is 0.161. The maximum absolute atomic E-state index is 13.3. The number of aromatic nitrogens is 1. The Morgan fingerprint density at radius 2 is 1.90 bits per heavy atom. The largest absolute Gasteiger partial charge is 0.329 e. The van der Waals surface area contributed by atoms with Gasteiger partial charge in [0.2, 0.25) is 0 Å². The van der Waals surface area contributed by atoms with Crippen LogP contribution in [0.25, 0.3) is 10.9 Å². The van der Waals surface area contributed by atoms with Crippen LogP contribution in [-0.2, 0) is 13.1 Å². The predicted octanol–water partition coefficient (Wildman–Crippen LogP) is 5.70. The van der Waals surface area contributed by atoms with Crippen molar-refractivity contribution in [3.05, 3.63) is 102 Å². The summed E-state index contributed by atoms with van der Waals surface area (Å²) >= 11 is 7.68. The van der Waals surface area contributed by atoms with E-state index in [1.54, 1.807) is 40.5 Å². The van der Waals surface area contributed by atoms with Gasteiger partial charge in [0.1, 0.15) is 0 Å². The molecular weight excluding hydrogens is 416 g/mol. The van der Waals surface area contributed by atoms with Crippen LogP contribution in [0, 0.1) is 13.8 Å². The van der Waals surface area contributed by atoms with Crippen molar-refractivity contribution in [3.63, 3.8) is 0 Å². The third-order valence-electron chi connectivity index (χ3n) is 5.04. The first kappa shape index (κ1) is 20.4. The minimum atomic E-state index is -0.178. The first-order chi connectivity index (χ1) is 14.4. The van der Waals surface area contributed by atoms with Gasteiger partial charge in [-0.2, -0.15) is 0 Å². The van der Waals surface area contributed by atoms with E-state index >= 15 is 0 Å². The monoisotopic (exact) mass is 436 g/mol. The number of hydrogen-bond donors (Lipinski definition) is 1. The summed E-state index contributed by atoms with van der Waals surface area (Å²) in [6.45, 7) is 4.66. The van der Waals surface area contributed by atoms with Crippen LogP contribution in [0.1, 0.15) is 31.9 Å². The van der Waals surface area contributed by atoms with Gasteiger partial charge in [-0.1, -0.05) is 29.8 Å². The van der Waals surface area contributed by atoms with Crippen molar-refractivity contribution in [2.45, 2.75) is 26.9 Å².